The Morgan fingerprint density at radius 1 is 1.05 bits per heavy atom. The van der Waals surface area contributed by atoms with Crippen LogP contribution in [-0.2, 0) is 0 Å². The van der Waals surface area contributed by atoms with Gasteiger partial charge in [0.05, 0.1) is 0 Å². The second-order valence-corrected chi connectivity index (χ2v) is 4.64. The van der Waals surface area contributed by atoms with Crippen LogP contribution in [-0.4, -0.2) is 20.1 Å². The molecular formula is C12H8BrN5O. The van der Waals surface area contributed by atoms with Crippen LogP contribution >= 0.6 is 15.9 Å². The van der Waals surface area contributed by atoms with E-state index in [1.807, 2.05) is 24.3 Å². The Labute approximate surface area is 116 Å². The SMILES string of the molecule is Nc1nccnc1-c1nc(-c2ccc(Br)cc2)no1. The molecule has 0 radical (unpaired) electrons. The summed E-state index contributed by atoms with van der Waals surface area (Å²) in [6.07, 6.45) is 3.03. The fourth-order valence-corrected chi connectivity index (χ4v) is 1.81. The molecular weight excluding hydrogens is 310 g/mol. The highest BCUT2D eigenvalue weighted by atomic mass is 79.9. The lowest BCUT2D eigenvalue weighted by atomic mass is 10.2. The second kappa shape index (κ2) is 4.77. The van der Waals surface area contributed by atoms with E-state index < -0.39 is 0 Å². The number of nitrogen functional groups attached to an aromatic ring is 1. The van der Waals surface area contributed by atoms with Crippen LogP contribution < -0.4 is 5.73 Å². The van der Waals surface area contributed by atoms with E-state index in [9.17, 15) is 0 Å². The molecule has 2 heterocycles. The molecule has 0 spiro atoms. The molecule has 94 valence electrons. The van der Waals surface area contributed by atoms with Crippen LogP contribution in [0.3, 0.4) is 0 Å². The molecule has 0 atom stereocenters. The largest absolute Gasteiger partial charge is 0.382 e. The zero-order chi connectivity index (χ0) is 13.2. The second-order valence-electron chi connectivity index (χ2n) is 3.72. The van der Waals surface area contributed by atoms with Gasteiger partial charge in [-0.25, -0.2) is 9.97 Å². The molecule has 0 saturated heterocycles. The van der Waals surface area contributed by atoms with Gasteiger partial charge in [0.2, 0.25) is 5.82 Å². The molecule has 0 unspecified atom stereocenters. The number of halogens is 1. The number of nitrogens with zero attached hydrogens (tertiary/aromatic N) is 4. The number of nitrogens with two attached hydrogens (primary N) is 1. The van der Waals surface area contributed by atoms with E-state index in [1.54, 1.807) is 0 Å². The van der Waals surface area contributed by atoms with Gasteiger partial charge in [-0.3, -0.25) is 0 Å². The van der Waals surface area contributed by atoms with Gasteiger partial charge in [0, 0.05) is 22.4 Å². The summed E-state index contributed by atoms with van der Waals surface area (Å²) in [7, 11) is 0. The van der Waals surface area contributed by atoms with Crippen molar-refractivity contribution in [2.24, 2.45) is 0 Å². The fourth-order valence-electron chi connectivity index (χ4n) is 1.55. The molecule has 0 amide bonds. The molecule has 0 bridgehead atoms. The summed E-state index contributed by atoms with van der Waals surface area (Å²) in [5, 5.41) is 3.91. The van der Waals surface area contributed by atoms with Gasteiger partial charge in [-0.1, -0.05) is 21.1 Å². The third kappa shape index (κ3) is 2.32. The zero-order valence-electron chi connectivity index (χ0n) is 9.62. The van der Waals surface area contributed by atoms with Crippen molar-refractivity contribution in [2.45, 2.75) is 0 Å². The van der Waals surface area contributed by atoms with E-state index in [2.05, 4.69) is 36.0 Å². The third-order valence-corrected chi connectivity index (χ3v) is 2.99. The summed E-state index contributed by atoms with van der Waals surface area (Å²) in [6, 6.07) is 7.58. The molecule has 0 aliphatic carbocycles. The number of rotatable bonds is 2. The number of hydrogen-bond donors (Lipinski definition) is 1. The molecule has 3 aromatic rings. The molecule has 0 saturated carbocycles. The molecule has 2 aromatic heterocycles. The molecule has 0 aliphatic heterocycles. The van der Waals surface area contributed by atoms with Gasteiger partial charge in [0.1, 0.15) is 0 Å². The van der Waals surface area contributed by atoms with Crippen LogP contribution in [0.4, 0.5) is 5.82 Å². The summed E-state index contributed by atoms with van der Waals surface area (Å²) in [5.74, 6) is 0.990. The van der Waals surface area contributed by atoms with Crippen LogP contribution in [0.25, 0.3) is 23.0 Å². The highest BCUT2D eigenvalue weighted by Gasteiger charge is 2.14. The van der Waals surface area contributed by atoms with E-state index in [4.69, 9.17) is 10.3 Å². The van der Waals surface area contributed by atoms with Crippen molar-refractivity contribution in [3.63, 3.8) is 0 Å². The predicted molar refractivity (Wildman–Crippen MR) is 72.9 cm³/mol. The van der Waals surface area contributed by atoms with Crippen LogP contribution in [0.1, 0.15) is 0 Å². The van der Waals surface area contributed by atoms with Crippen molar-refractivity contribution in [3.8, 4) is 23.0 Å². The van der Waals surface area contributed by atoms with Crippen LogP contribution in [0.5, 0.6) is 0 Å². The molecule has 2 N–H and O–H groups in total. The van der Waals surface area contributed by atoms with E-state index in [0.717, 1.165) is 10.0 Å². The lowest BCUT2D eigenvalue weighted by molar-refractivity contribution is 0.431. The Balaban J connectivity index is 2.00. The maximum absolute atomic E-state index is 5.71. The van der Waals surface area contributed by atoms with E-state index in [-0.39, 0.29) is 11.7 Å². The summed E-state index contributed by atoms with van der Waals surface area (Å²) in [5.41, 5.74) is 6.95. The van der Waals surface area contributed by atoms with Gasteiger partial charge in [-0.2, -0.15) is 4.98 Å². The topological polar surface area (TPSA) is 90.7 Å². The molecule has 0 fully saturated rings. The normalized spacial score (nSPS) is 10.6. The third-order valence-electron chi connectivity index (χ3n) is 2.46. The fraction of sp³-hybridized carbons (Fsp3) is 0. The van der Waals surface area contributed by atoms with Gasteiger partial charge in [0.25, 0.3) is 5.89 Å². The highest BCUT2D eigenvalue weighted by Crippen LogP contribution is 2.24. The standard InChI is InChI=1S/C12H8BrN5O/c13-8-3-1-7(2-4-8)11-17-12(19-18-11)9-10(14)16-6-5-15-9/h1-6H,(H2,14,16). The number of aromatic nitrogens is 4. The van der Waals surface area contributed by atoms with Crippen LogP contribution in [0.2, 0.25) is 0 Å². The average molecular weight is 318 g/mol. The Kier molecular flexibility index (Phi) is 2.96. The summed E-state index contributed by atoms with van der Waals surface area (Å²) in [6.45, 7) is 0. The van der Waals surface area contributed by atoms with E-state index in [0.29, 0.717) is 11.5 Å². The maximum Gasteiger partial charge on any atom is 0.280 e. The van der Waals surface area contributed by atoms with Crippen molar-refractivity contribution < 1.29 is 4.52 Å². The van der Waals surface area contributed by atoms with Crippen molar-refractivity contribution in [1.29, 1.82) is 0 Å². The molecule has 7 heteroatoms. The smallest absolute Gasteiger partial charge is 0.280 e. The quantitative estimate of drug-likeness (QED) is 0.781. The lowest BCUT2D eigenvalue weighted by Gasteiger charge is -1.96. The van der Waals surface area contributed by atoms with Crippen molar-refractivity contribution in [3.05, 3.63) is 41.1 Å². The van der Waals surface area contributed by atoms with Crippen LogP contribution in [0, 0.1) is 0 Å². The average Bonchev–Trinajstić information content (AvgIpc) is 2.89. The minimum atomic E-state index is 0.253. The first-order chi connectivity index (χ1) is 9.24. The Hall–Kier alpha value is -2.28. The Bertz CT molecular complexity index is 710. The summed E-state index contributed by atoms with van der Waals surface area (Å²) >= 11 is 3.37. The molecule has 19 heavy (non-hydrogen) atoms. The summed E-state index contributed by atoms with van der Waals surface area (Å²) in [4.78, 5) is 12.3. The molecule has 3 rings (SSSR count). The zero-order valence-corrected chi connectivity index (χ0v) is 11.2. The number of hydrogen-bond acceptors (Lipinski definition) is 6. The van der Waals surface area contributed by atoms with Crippen molar-refractivity contribution in [2.75, 3.05) is 5.73 Å². The van der Waals surface area contributed by atoms with Gasteiger partial charge in [-0.05, 0) is 24.3 Å². The number of anilines is 1. The van der Waals surface area contributed by atoms with Crippen molar-refractivity contribution >= 4 is 21.7 Å². The predicted octanol–water partition coefficient (Wildman–Crippen LogP) is 2.54. The van der Waals surface area contributed by atoms with Gasteiger partial charge >= 0.3 is 0 Å². The minimum absolute atomic E-state index is 0.253. The van der Waals surface area contributed by atoms with Crippen LogP contribution in [0.15, 0.2) is 45.7 Å². The maximum atomic E-state index is 5.71. The van der Waals surface area contributed by atoms with Gasteiger partial charge in [0.15, 0.2) is 11.5 Å². The first kappa shape index (κ1) is 11.8. The van der Waals surface area contributed by atoms with Crippen molar-refractivity contribution in [1.82, 2.24) is 20.1 Å². The molecule has 0 aliphatic rings. The minimum Gasteiger partial charge on any atom is -0.382 e. The highest BCUT2D eigenvalue weighted by molar-refractivity contribution is 9.10. The molecule has 6 nitrogen and oxygen atoms in total. The Morgan fingerprint density at radius 2 is 1.79 bits per heavy atom. The Morgan fingerprint density at radius 3 is 2.53 bits per heavy atom. The first-order valence-corrected chi connectivity index (χ1v) is 6.20. The molecule has 1 aromatic carbocycles. The van der Waals surface area contributed by atoms with Gasteiger partial charge in [-0.15, -0.1) is 0 Å². The van der Waals surface area contributed by atoms with E-state index >= 15 is 0 Å². The van der Waals surface area contributed by atoms with E-state index in [1.165, 1.54) is 12.4 Å². The first-order valence-electron chi connectivity index (χ1n) is 5.40. The summed E-state index contributed by atoms with van der Waals surface area (Å²) < 4.78 is 6.15. The number of benzene rings is 1. The lowest BCUT2D eigenvalue weighted by Crippen LogP contribution is -1.96. The monoisotopic (exact) mass is 317 g/mol. The van der Waals surface area contributed by atoms with Gasteiger partial charge < -0.3 is 10.3 Å².